The van der Waals surface area contributed by atoms with Crippen molar-refractivity contribution in [2.75, 3.05) is 13.7 Å². The topological polar surface area (TPSA) is 58.2 Å². The molecule has 0 atom stereocenters. The van der Waals surface area contributed by atoms with Gasteiger partial charge in [-0.25, -0.2) is 0 Å². The molecule has 0 aliphatic carbocycles. The molecule has 0 aromatic carbocycles. The third-order valence-corrected chi connectivity index (χ3v) is 1.51. The molecule has 80 valence electrons. The number of hydrogen-bond donors (Lipinski definition) is 2. The van der Waals surface area contributed by atoms with Gasteiger partial charge in [-0.3, -0.25) is 9.59 Å². The van der Waals surface area contributed by atoms with Crippen molar-refractivity contribution in [2.24, 2.45) is 0 Å². The Balaban J connectivity index is 3.67. The monoisotopic (exact) mass is 198 g/mol. The van der Waals surface area contributed by atoms with E-state index in [9.17, 15) is 9.59 Å². The summed E-state index contributed by atoms with van der Waals surface area (Å²) in [4.78, 5) is 22.2. The Morgan fingerprint density at radius 2 is 1.86 bits per heavy atom. The molecule has 1 amide bonds. The maximum absolute atomic E-state index is 11.2. The van der Waals surface area contributed by atoms with Crippen molar-refractivity contribution in [3.8, 4) is 0 Å². The van der Waals surface area contributed by atoms with Crippen molar-refractivity contribution < 1.29 is 9.59 Å². The van der Waals surface area contributed by atoms with Gasteiger partial charge >= 0.3 is 0 Å². The Morgan fingerprint density at radius 1 is 1.21 bits per heavy atom. The minimum absolute atomic E-state index is 0.00427. The third kappa shape index (κ3) is 7.49. The Morgan fingerprint density at radius 3 is 2.36 bits per heavy atom. The lowest BCUT2D eigenvalue weighted by Crippen LogP contribution is -2.31. The molecule has 0 aromatic rings. The number of nitrogens with one attached hydrogen (secondary N) is 2. The quantitative estimate of drug-likeness (QED) is 0.485. The van der Waals surface area contributed by atoms with Crippen LogP contribution in [0.25, 0.3) is 0 Å². The van der Waals surface area contributed by atoms with Gasteiger partial charge in [0.1, 0.15) is 0 Å². The molecule has 0 aromatic heterocycles. The molecular weight excluding hydrogens is 180 g/mol. The van der Waals surface area contributed by atoms with E-state index >= 15 is 0 Å². The van der Waals surface area contributed by atoms with Gasteiger partial charge in [-0.1, -0.05) is 5.57 Å². The summed E-state index contributed by atoms with van der Waals surface area (Å²) in [5.74, 6) is -0.0977. The highest BCUT2D eigenvalue weighted by Gasteiger charge is 2.03. The van der Waals surface area contributed by atoms with Crippen molar-refractivity contribution >= 4 is 11.7 Å². The third-order valence-electron chi connectivity index (χ3n) is 1.51. The normalized spacial score (nSPS) is 9.36. The predicted molar refractivity (Wildman–Crippen MR) is 55.7 cm³/mol. The zero-order valence-corrected chi connectivity index (χ0v) is 9.02. The van der Waals surface area contributed by atoms with Crippen LogP contribution in [-0.2, 0) is 9.59 Å². The van der Waals surface area contributed by atoms with Crippen LogP contribution in [0.4, 0.5) is 0 Å². The fourth-order valence-electron chi connectivity index (χ4n) is 0.906. The largest absolute Gasteiger partial charge is 0.344 e. The maximum atomic E-state index is 11.2. The van der Waals surface area contributed by atoms with Gasteiger partial charge in [-0.2, -0.15) is 0 Å². The smallest absolute Gasteiger partial charge is 0.221 e. The van der Waals surface area contributed by atoms with Crippen LogP contribution in [0.2, 0.25) is 0 Å². The summed E-state index contributed by atoms with van der Waals surface area (Å²) in [6, 6.07) is 0. The fraction of sp³-hybridized carbons (Fsp3) is 0.600. The first-order valence-corrected chi connectivity index (χ1v) is 4.65. The number of rotatable bonds is 6. The molecule has 0 spiro atoms. The summed E-state index contributed by atoms with van der Waals surface area (Å²) < 4.78 is 0. The van der Waals surface area contributed by atoms with Crippen LogP contribution in [0.1, 0.15) is 26.7 Å². The van der Waals surface area contributed by atoms with Gasteiger partial charge < -0.3 is 10.6 Å². The van der Waals surface area contributed by atoms with Gasteiger partial charge in [0, 0.05) is 12.8 Å². The first-order chi connectivity index (χ1) is 6.56. The highest BCUT2D eigenvalue weighted by molar-refractivity contribution is 5.92. The number of ketones is 1. The molecule has 0 saturated heterocycles. The van der Waals surface area contributed by atoms with Gasteiger partial charge in [0.05, 0.1) is 6.67 Å². The van der Waals surface area contributed by atoms with Crippen LogP contribution in [0.15, 0.2) is 11.6 Å². The summed E-state index contributed by atoms with van der Waals surface area (Å²) in [6.07, 6.45) is 2.09. The lowest BCUT2D eigenvalue weighted by atomic mass is 10.1. The zero-order chi connectivity index (χ0) is 11.0. The molecule has 4 nitrogen and oxygen atoms in total. The van der Waals surface area contributed by atoms with E-state index in [1.165, 1.54) is 0 Å². The SMILES string of the molecule is CNCNC(=O)CCC(=O)C=C(C)C. The van der Waals surface area contributed by atoms with E-state index in [4.69, 9.17) is 0 Å². The predicted octanol–water partition coefficient (Wildman–Crippen LogP) is 0.595. The molecule has 0 aliphatic heterocycles. The number of allylic oxidation sites excluding steroid dienone is 2. The molecule has 2 N–H and O–H groups in total. The molecule has 0 radical (unpaired) electrons. The first-order valence-electron chi connectivity index (χ1n) is 4.65. The van der Waals surface area contributed by atoms with E-state index in [1.54, 1.807) is 13.1 Å². The van der Waals surface area contributed by atoms with Gasteiger partial charge in [0.25, 0.3) is 0 Å². The molecule has 0 rings (SSSR count). The number of hydrogen-bond acceptors (Lipinski definition) is 3. The van der Waals surface area contributed by atoms with Crippen LogP contribution in [-0.4, -0.2) is 25.4 Å². The van der Waals surface area contributed by atoms with E-state index in [1.807, 2.05) is 13.8 Å². The van der Waals surface area contributed by atoms with Gasteiger partial charge in [-0.15, -0.1) is 0 Å². The minimum Gasteiger partial charge on any atom is -0.344 e. The van der Waals surface area contributed by atoms with Crippen LogP contribution in [0, 0.1) is 0 Å². The first kappa shape index (κ1) is 12.8. The summed E-state index contributed by atoms with van der Waals surface area (Å²) in [6.45, 7) is 4.16. The highest BCUT2D eigenvalue weighted by atomic mass is 16.2. The molecule has 0 fully saturated rings. The molecule has 0 saturated carbocycles. The zero-order valence-electron chi connectivity index (χ0n) is 9.02. The van der Waals surface area contributed by atoms with E-state index < -0.39 is 0 Å². The fourth-order valence-corrected chi connectivity index (χ4v) is 0.906. The van der Waals surface area contributed by atoms with Gasteiger partial charge in [-0.05, 0) is 27.0 Å². The minimum atomic E-state index is -0.102. The lowest BCUT2D eigenvalue weighted by molar-refractivity contribution is -0.123. The lowest BCUT2D eigenvalue weighted by Gasteiger charge is -2.02. The number of carbonyl (C=O) groups is 2. The standard InChI is InChI=1S/C10H18N2O2/c1-8(2)6-9(13)4-5-10(14)12-7-11-3/h6,11H,4-5,7H2,1-3H3,(H,12,14). The maximum Gasteiger partial charge on any atom is 0.221 e. The molecular formula is C10H18N2O2. The van der Waals surface area contributed by atoms with Crippen molar-refractivity contribution in [1.82, 2.24) is 10.6 Å². The molecule has 4 heteroatoms. The van der Waals surface area contributed by atoms with E-state index in [0.717, 1.165) is 5.57 Å². The Hall–Kier alpha value is -1.16. The van der Waals surface area contributed by atoms with Gasteiger partial charge in [0.2, 0.25) is 5.91 Å². The van der Waals surface area contributed by atoms with Crippen molar-refractivity contribution in [3.63, 3.8) is 0 Å². The Kier molecular flexibility index (Phi) is 6.66. The summed E-state index contributed by atoms with van der Waals surface area (Å²) in [7, 11) is 1.74. The Bertz CT molecular complexity index is 230. The van der Waals surface area contributed by atoms with Crippen molar-refractivity contribution in [2.45, 2.75) is 26.7 Å². The molecule has 0 aliphatic rings. The Labute approximate surface area is 84.8 Å². The van der Waals surface area contributed by atoms with Crippen molar-refractivity contribution in [1.29, 1.82) is 0 Å². The molecule has 0 heterocycles. The average molecular weight is 198 g/mol. The highest BCUT2D eigenvalue weighted by Crippen LogP contribution is 1.96. The van der Waals surface area contributed by atoms with E-state index in [2.05, 4.69) is 10.6 Å². The number of carbonyl (C=O) groups excluding carboxylic acids is 2. The number of amides is 1. The van der Waals surface area contributed by atoms with Crippen LogP contribution in [0.5, 0.6) is 0 Å². The second-order valence-electron chi connectivity index (χ2n) is 3.32. The van der Waals surface area contributed by atoms with Crippen molar-refractivity contribution in [3.05, 3.63) is 11.6 Å². The summed E-state index contributed by atoms with van der Waals surface area (Å²) >= 11 is 0. The molecule has 14 heavy (non-hydrogen) atoms. The van der Waals surface area contributed by atoms with E-state index in [0.29, 0.717) is 6.67 Å². The second kappa shape index (κ2) is 7.26. The summed E-state index contributed by atoms with van der Waals surface area (Å²) in [5.41, 5.74) is 0.964. The van der Waals surface area contributed by atoms with Crippen LogP contribution < -0.4 is 10.6 Å². The molecule has 0 unspecified atom stereocenters. The van der Waals surface area contributed by atoms with Crippen LogP contribution in [0.3, 0.4) is 0 Å². The van der Waals surface area contributed by atoms with Gasteiger partial charge in [0.15, 0.2) is 5.78 Å². The average Bonchev–Trinajstić information content (AvgIpc) is 2.10. The van der Waals surface area contributed by atoms with E-state index in [-0.39, 0.29) is 24.5 Å². The summed E-state index contributed by atoms with van der Waals surface area (Å²) in [5, 5.41) is 5.41. The van der Waals surface area contributed by atoms with Crippen LogP contribution >= 0.6 is 0 Å². The second-order valence-corrected chi connectivity index (χ2v) is 3.32. The molecule has 0 bridgehead atoms.